The minimum absolute atomic E-state index is 0.744. The molecular weight excluding hydrogens is 78.0 g/mol. The van der Waals surface area contributed by atoms with Crippen molar-refractivity contribution in [3.8, 4) is 0 Å². The monoisotopic (exact) mass is 81.0 g/mol. The standard InChI is InChI=1S/C4H3NO/c1-2-6-4-3(1)5-4/h1H,2H2. The van der Waals surface area contributed by atoms with Gasteiger partial charge >= 0.3 is 0 Å². The predicted molar refractivity (Wildman–Crippen MR) is 21.5 cm³/mol. The van der Waals surface area contributed by atoms with Crippen LogP contribution in [0, 0.1) is 0 Å². The van der Waals surface area contributed by atoms with E-state index in [4.69, 9.17) is 4.74 Å². The van der Waals surface area contributed by atoms with Crippen molar-refractivity contribution in [2.75, 3.05) is 6.61 Å². The molecule has 0 spiro atoms. The number of rotatable bonds is 0. The SMILES string of the molecule is C1=C2N=C2OC1. The highest BCUT2D eigenvalue weighted by Crippen LogP contribution is 2.22. The largest absolute Gasteiger partial charge is 0.472 e. The molecule has 0 aliphatic carbocycles. The number of fused-ring (bicyclic) bond motifs is 1. The summed E-state index contributed by atoms with van der Waals surface area (Å²) in [5.74, 6) is 0.856. The lowest BCUT2D eigenvalue weighted by Crippen LogP contribution is -1.81. The van der Waals surface area contributed by atoms with E-state index in [-0.39, 0.29) is 0 Å². The molecule has 0 fully saturated rings. The summed E-state index contributed by atoms with van der Waals surface area (Å²) in [5, 5.41) is 0. The molecule has 2 nitrogen and oxygen atoms in total. The van der Waals surface area contributed by atoms with E-state index < -0.39 is 0 Å². The minimum Gasteiger partial charge on any atom is -0.472 e. The lowest BCUT2D eigenvalue weighted by molar-refractivity contribution is 0.372. The highest BCUT2D eigenvalue weighted by Gasteiger charge is 2.25. The van der Waals surface area contributed by atoms with Crippen LogP contribution in [0.25, 0.3) is 0 Å². The summed E-state index contributed by atoms with van der Waals surface area (Å²) in [4.78, 5) is 3.82. The van der Waals surface area contributed by atoms with Gasteiger partial charge in [-0.2, -0.15) is 0 Å². The fraction of sp³-hybridized carbons (Fsp3) is 0.250. The Hall–Kier alpha value is -0.790. The van der Waals surface area contributed by atoms with Gasteiger partial charge in [0.05, 0.1) is 0 Å². The van der Waals surface area contributed by atoms with Gasteiger partial charge in [-0.3, -0.25) is 0 Å². The third-order valence-electron chi connectivity index (χ3n) is 0.888. The van der Waals surface area contributed by atoms with Gasteiger partial charge in [0.25, 0.3) is 0 Å². The Morgan fingerprint density at radius 1 is 1.83 bits per heavy atom. The zero-order valence-electron chi connectivity index (χ0n) is 3.14. The Balaban J connectivity index is 2.46. The summed E-state index contributed by atoms with van der Waals surface area (Å²) in [6.07, 6.45) is 1.97. The van der Waals surface area contributed by atoms with Gasteiger partial charge in [-0.05, 0) is 6.08 Å². The molecule has 0 bridgehead atoms. The molecule has 30 valence electrons. The lowest BCUT2D eigenvalue weighted by atomic mass is 10.6. The van der Waals surface area contributed by atoms with Crippen molar-refractivity contribution in [3.63, 3.8) is 0 Å². The summed E-state index contributed by atoms with van der Waals surface area (Å²) in [6, 6.07) is 0. The summed E-state index contributed by atoms with van der Waals surface area (Å²) in [7, 11) is 0. The van der Waals surface area contributed by atoms with Crippen LogP contribution in [0.2, 0.25) is 0 Å². The summed E-state index contributed by atoms with van der Waals surface area (Å²) in [6.45, 7) is 0.744. The van der Waals surface area contributed by atoms with Gasteiger partial charge in [0.1, 0.15) is 12.3 Å². The zero-order valence-corrected chi connectivity index (χ0v) is 3.14. The maximum Gasteiger partial charge on any atom is 0.240 e. The van der Waals surface area contributed by atoms with Crippen LogP contribution in [-0.4, -0.2) is 12.5 Å². The maximum atomic E-state index is 4.88. The number of hydrogen-bond donors (Lipinski definition) is 0. The van der Waals surface area contributed by atoms with Crippen molar-refractivity contribution in [2.45, 2.75) is 0 Å². The van der Waals surface area contributed by atoms with Crippen LogP contribution in [0.4, 0.5) is 0 Å². The van der Waals surface area contributed by atoms with Crippen LogP contribution in [0.15, 0.2) is 16.8 Å². The van der Waals surface area contributed by atoms with E-state index in [2.05, 4.69) is 4.99 Å². The van der Waals surface area contributed by atoms with E-state index in [1.165, 1.54) is 0 Å². The van der Waals surface area contributed by atoms with Crippen LogP contribution in [-0.2, 0) is 4.74 Å². The molecule has 0 N–H and O–H groups in total. The van der Waals surface area contributed by atoms with Crippen LogP contribution >= 0.6 is 0 Å². The minimum atomic E-state index is 0.744. The zero-order chi connectivity index (χ0) is 3.98. The number of aliphatic imine (C=N–C) groups is 1. The van der Waals surface area contributed by atoms with Crippen molar-refractivity contribution in [1.82, 2.24) is 0 Å². The van der Waals surface area contributed by atoms with Crippen LogP contribution in [0.5, 0.6) is 0 Å². The van der Waals surface area contributed by atoms with E-state index in [9.17, 15) is 0 Å². The summed E-state index contributed by atoms with van der Waals surface area (Å²) in [5.41, 5.74) is 1.06. The van der Waals surface area contributed by atoms with Gasteiger partial charge in [0.2, 0.25) is 5.90 Å². The summed E-state index contributed by atoms with van der Waals surface area (Å²) >= 11 is 0. The summed E-state index contributed by atoms with van der Waals surface area (Å²) < 4.78 is 4.88. The maximum absolute atomic E-state index is 4.88. The molecule has 0 aromatic carbocycles. The van der Waals surface area contributed by atoms with Crippen LogP contribution < -0.4 is 0 Å². The van der Waals surface area contributed by atoms with Gasteiger partial charge in [-0.1, -0.05) is 0 Å². The fourth-order valence-corrected chi connectivity index (χ4v) is 0.520. The number of ether oxygens (including phenoxy) is 1. The molecule has 2 heterocycles. The molecule has 2 aliphatic rings. The fourth-order valence-electron chi connectivity index (χ4n) is 0.520. The smallest absolute Gasteiger partial charge is 0.240 e. The van der Waals surface area contributed by atoms with E-state index in [1.807, 2.05) is 6.08 Å². The molecule has 0 amide bonds. The average Bonchev–Trinajstić information content (AvgIpc) is 2.17. The van der Waals surface area contributed by atoms with Crippen molar-refractivity contribution in [1.29, 1.82) is 0 Å². The highest BCUT2D eigenvalue weighted by atomic mass is 16.5. The Labute approximate surface area is 35.1 Å². The van der Waals surface area contributed by atoms with Crippen molar-refractivity contribution >= 4 is 5.90 Å². The van der Waals surface area contributed by atoms with Crippen molar-refractivity contribution in [3.05, 3.63) is 11.8 Å². The first-order chi connectivity index (χ1) is 2.97. The van der Waals surface area contributed by atoms with E-state index in [0.29, 0.717) is 0 Å². The average molecular weight is 81.1 g/mol. The molecule has 0 aromatic rings. The Morgan fingerprint density at radius 2 is 2.83 bits per heavy atom. The number of nitrogens with zero attached hydrogens (tertiary/aromatic N) is 1. The number of hydrogen-bond acceptors (Lipinski definition) is 2. The molecule has 0 saturated heterocycles. The quantitative estimate of drug-likeness (QED) is 0.411. The third-order valence-corrected chi connectivity index (χ3v) is 0.888. The Kier molecular flexibility index (Phi) is 0.204. The lowest BCUT2D eigenvalue weighted by Gasteiger charge is -1.80. The first-order valence-corrected chi connectivity index (χ1v) is 1.89. The molecule has 0 saturated carbocycles. The first-order valence-electron chi connectivity index (χ1n) is 1.89. The molecule has 0 unspecified atom stereocenters. The second-order valence-electron chi connectivity index (χ2n) is 1.32. The molecule has 2 aliphatic heterocycles. The van der Waals surface area contributed by atoms with E-state index >= 15 is 0 Å². The highest BCUT2D eigenvalue weighted by molar-refractivity contribution is 6.07. The molecule has 0 radical (unpaired) electrons. The third kappa shape index (κ3) is 0.125. The predicted octanol–water partition coefficient (Wildman–Crippen LogP) is 0.313. The molecule has 2 heteroatoms. The van der Waals surface area contributed by atoms with Gasteiger partial charge in [-0.25, -0.2) is 4.99 Å². The van der Waals surface area contributed by atoms with Gasteiger partial charge < -0.3 is 4.74 Å². The molecule has 6 heavy (non-hydrogen) atoms. The Morgan fingerprint density at radius 3 is 3.00 bits per heavy atom. The van der Waals surface area contributed by atoms with Gasteiger partial charge in [0, 0.05) is 0 Å². The molecular formula is C4H3NO. The molecule has 0 aromatic heterocycles. The topological polar surface area (TPSA) is 21.6 Å². The van der Waals surface area contributed by atoms with E-state index in [0.717, 1.165) is 18.2 Å². The normalized spacial score (nSPS) is 24.0. The second kappa shape index (κ2) is 0.511. The van der Waals surface area contributed by atoms with Gasteiger partial charge in [0.15, 0.2) is 0 Å². The van der Waals surface area contributed by atoms with Crippen molar-refractivity contribution < 1.29 is 4.74 Å². The molecule has 0 atom stereocenters. The van der Waals surface area contributed by atoms with E-state index in [1.54, 1.807) is 0 Å². The Bertz CT molecular complexity index is 143. The first kappa shape index (κ1) is 2.39. The van der Waals surface area contributed by atoms with Crippen LogP contribution in [0.1, 0.15) is 0 Å². The van der Waals surface area contributed by atoms with Crippen LogP contribution in [0.3, 0.4) is 0 Å². The molecule has 2 rings (SSSR count). The second-order valence-corrected chi connectivity index (χ2v) is 1.32. The van der Waals surface area contributed by atoms with Crippen molar-refractivity contribution in [2.24, 2.45) is 4.99 Å². The van der Waals surface area contributed by atoms with Gasteiger partial charge in [-0.15, -0.1) is 0 Å².